The molecule has 0 saturated heterocycles. The van der Waals surface area contributed by atoms with Crippen molar-refractivity contribution in [3.8, 4) is 6.07 Å². The van der Waals surface area contributed by atoms with Gasteiger partial charge in [0.2, 0.25) is 5.91 Å². The largest absolute Gasteiger partial charge is 0.353 e. The summed E-state index contributed by atoms with van der Waals surface area (Å²) in [6.07, 6.45) is 0. The van der Waals surface area contributed by atoms with E-state index < -0.39 is 5.92 Å². The molecule has 2 amide bonds. The number of thiophene rings is 1. The van der Waals surface area contributed by atoms with Crippen LogP contribution >= 0.6 is 45.7 Å². The van der Waals surface area contributed by atoms with Gasteiger partial charge in [0.1, 0.15) is 0 Å². The van der Waals surface area contributed by atoms with Crippen molar-refractivity contribution >= 4 is 68.9 Å². The van der Waals surface area contributed by atoms with Gasteiger partial charge in [-0.25, -0.2) is 0 Å². The van der Waals surface area contributed by atoms with Gasteiger partial charge in [-0.1, -0.05) is 36.0 Å². The van der Waals surface area contributed by atoms with E-state index in [0.29, 0.717) is 21.9 Å². The molecule has 4 rings (SSSR count). The van der Waals surface area contributed by atoms with E-state index in [2.05, 4.69) is 44.6 Å². The molecule has 0 radical (unpaired) electrons. The fraction of sp³-hybridized carbons (Fsp3) is 0.148. The Morgan fingerprint density at radius 2 is 1.83 bits per heavy atom. The first-order chi connectivity index (χ1) is 17.4. The van der Waals surface area contributed by atoms with Gasteiger partial charge >= 0.3 is 0 Å². The van der Waals surface area contributed by atoms with Crippen molar-refractivity contribution in [2.45, 2.75) is 19.8 Å². The number of nitriles is 1. The Kier molecular flexibility index (Phi) is 8.51. The van der Waals surface area contributed by atoms with E-state index in [4.69, 9.17) is 0 Å². The Hall–Kier alpha value is -3.07. The second-order valence-electron chi connectivity index (χ2n) is 8.08. The fourth-order valence-electron chi connectivity index (χ4n) is 3.84. The van der Waals surface area contributed by atoms with Crippen LogP contribution in [0, 0.1) is 21.8 Å². The number of nitrogens with one attached hydrogen (secondary N) is 3. The number of nitrogens with zero attached hydrogens (tertiary/aromatic N) is 1. The molecule has 0 aliphatic carbocycles. The number of allylic oxidation sites excluding steroid dienone is 2. The number of thioether (sulfide) groups is 1. The number of aryl methyl sites for hydroxylation is 1. The minimum absolute atomic E-state index is 0.120. The predicted molar refractivity (Wildman–Crippen MR) is 156 cm³/mol. The lowest BCUT2D eigenvalue weighted by Gasteiger charge is -2.29. The summed E-state index contributed by atoms with van der Waals surface area (Å²) in [6, 6.07) is 21.3. The van der Waals surface area contributed by atoms with Gasteiger partial charge < -0.3 is 16.0 Å². The molecule has 1 aliphatic rings. The molecular weight excluding hydrogens is 603 g/mol. The van der Waals surface area contributed by atoms with Crippen molar-refractivity contribution in [1.82, 2.24) is 5.32 Å². The van der Waals surface area contributed by atoms with Crippen LogP contribution in [0.1, 0.15) is 23.3 Å². The smallest absolute Gasteiger partial charge is 0.254 e. The van der Waals surface area contributed by atoms with Crippen LogP contribution in [-0.2, 0) is 9.59 Å². The number of rotatable bonds is 7. The second kappa shape index (κ2) is 11.8. The molecule has 3 N–H and O–H groups in total. The number of amides is 2. The first kappa shape index (κ1) is 26.0. The minimum Gasteiger partial charge on any atom is -0.353 e. The average molecular weight is 627 g/mol. The van der Waals surface area contributed by atoms with Crippen LogP contribution in [0.4, 0.5) is 11.4 Å². The van der Waals surface area contributed by atoms with E-state index in [1.807, 2.05) is 79.9 Å². The van der Waals surface area contributed by atoms with Gasteiger partial charge in [-0.3, -0.25) is 9.59 Å². The van der Waals surface area contributed by atoms with Crippen LogP contribution in [0.5, 0.6) is 0 Å². The van der Waals surface area contributed by atoms with Crippen LogP contribution in [-0.4, -0.2) is 17.6 Å². The summed E-state index contributed by atoms with van der Waals surface area (Å²) in [5, 5.41) is 21.8. The molecule has 2 aromatic carbocycles. The van der Waals surface area contributed by atoms with Crippen molar-refractivity contribution in [1.29, 1.82) is 5.26 Å². The van der Waals surface area contributed by atoms with Gasteiger partial charge in [0, 0.05) is 31.1 Å². The highest BCUT2D eigenvalue weighted by Crippen LogP contribution is 2.42. The number of hydrogen-bond acceptors (Lipinski definition) is 6. The van der Waals surface area contributed by atoms with Gasteiger partial charge in [0.15, 0.2) is 0 Å². The zero-order chi connectivity index (χ0) is 25.7. The van der Waals surface area contributed by atoms with Crippen molar-refractivity contribution in [2.24, 2.45) is 0 Å². The Balaban J connectivity index is 1.58. The van der Waals surface area contributed by atoms with E-state index in [9.17, 15) is 14.9 Å². The third-order valence-electron chi connectivity index (χ3n) is 5.59. The summed E-state index contributed by atoms with van der Waals surface area (Å²) < 4.78 is 1.08. The number of carbonyl (C=O) groups excluding carboxylic acids is 2. The maximum atomic E-state index is 13.5. The lowest BCUT2D eigenvalue weighted by molar-refractivity contribution is -0.114. The molecule has 0 spiro atoms. The number of carbonyl (C=O) groups is 2. The van der Waals surface area contributed by atoms with Crippen molar-refractivity contribution in [2.75, 3.05) is 16.4 Å². The number of halogens is 1. The van der Waals surface area contributed by atoms with Gasteiger partial charge in [-0.2, -0.15) is 5.26 Å². The van der Waals surface area contributed by atoms with Gasteiger partial charge in [-0.15, -0.1) is 11.3 Å². The lowest BCUT2D eigenvalue weighted by atomic mass is 9.86. The first-order valence-corrected chi connectivity index (χ1v) is 14.0. The topological polar surface area (TPSA) is 94.0 Å². The Bertz CT molecular complexity index is 1390. The van der Waals surface area contributed by atoms with Crippen molar-refractivity contribution in [3.63, 3.8) is 0 Å². The molecule has 36 heavy (non-hydrogen) atoms. The summed E-state index contributed by atoms with van der Waals surface area (Å²) in [4.78, 5) is 27.0. The number of hydrogen-bond donors (Lipinski definition) is 3. The van der Waals surface area contributed by atoms with Gasteiger partial charge in [0.05, 0.1) is 28.3 Å². The minimum atomic E-state index is -0.526. The van der Waals surface area contributed by atoms with Gasteiger partial charge in [0.25, 0.3) is 5.91 Å². The summed E-state index contributed by atoms with van der Waals surface area (Å²) >= 11 is 4.96. The standard InChI is InChI=1S/C27H23IN4O2S2/c1-16-6-3-4-7-21(16)32-26(34)24-17(2)30-27(20(14-29)25(24)22-8-5-13-35-22)36-15-23(33)31-19-11-9-18(28)10-12-19/h3-13,25,30H,15H2,1-2H3,(H,31,33)(H,32,34). The fourth-order valence-corrected chi connectivity index (χ4v) is 5.93. The van der Waals surface area contributed by atoms with E-state index in [-0.39, 0.29) is 17.6 Å². The molecular formula is C27H23IN4O2S2. The molecule has 1 aromatic heterocycles. The Morgan fingerprint density at radius 3 is 2.50 bits per heavy atom. The van der Waals surface area contributed by atoms with Crippen LogP contribution in [0.15, 0.2) is 87.9 Å². The van der Waals surface area contributed by atoms with Crippen LogP contribution in [0.3, 0.4) is 0 Å². The first-order valence-electron chi connectivity index (χ1n) is 11.1. The van der Waals surface area contributed by atoms with E-state index in [0.717, 1.165) is 25.4 Å². The molecule has 182 valence electrons. The molecule has 3 aromatic rings. The highest BCUT2D eigenvalue weighted by molar-refractivity contribution is 14.1. The van der Waals surface area contributed by atoms with Crippen molar-refractivity contribution in [3.05, 3.63) is 102 Å². The SMILES string of the molecule is CC1=C(C(=O)Nc2ccccc2C)C(c2cccs2)C(C#N)=C(SCC(=O)Nc2ccc(I)cc2)N1. The molecule has 1 unspecified atom stereocenters. The molecule has 6 nitrogen and oxygen atoms in total. The third kappa shape index (κ3) is 6.00. The Morgan fingerprint density at radius 1 is 1.08 bits per heavy atom. The number of anilines is 2. The monoisotopic (exact) mass is 626 g/mol. The average Bonchev–Trinajstić information content (AvgIpc) is 3.39. The van der Waals surface area contributed by atoms with E-state index in [1.165, 1.54) is 23.1 Å². The zero-order valence-corrected chi connectivity index (χ0v) is 23.4. The van der Waals surface area contributed by atoms with E-state index in [1.54, 1.807) is 0 Å². The zero-order valence-electron chi connectivity index (χ0n) is 19.6. The van der Waals surface area contributed by atoms with E-state index >= 15 is 0 Å². The summed E-state index contributed by atoms with van der Waals surface area (Å²) in [7, 11) is 0. The summed E-state index contributed by atoms with van der Waals surface area (Å²) in [5.41, 5.74) is 3.96. The molecule has 0 bridgehead atoms. The maximum absolute atomic E-state index is 13.5. The molecule has 0 fully saturated rings. The maximum Gasteiger partial charge on any atom is 0.254 e. The summed E-state index contributed by atoms with van der Waals surface area (Å²) in [5.74, 6) is -0.845. The Labute approximate surface area is 232 Å². The molecule has 2 heterocycles. The highest BCUT2D eigenvalue weighted by Gasteiger charge is 2.35. The van der Waals surface area contributed by atoms with Gasteiger partial charge in [-0.05, 0) is 83.8 Å². The quantitative estimate of drug-likeness (QED) is 0.265. The van der Waals surface area contributed by atoms with Crippen molar-refractivity contribution < 1.29 is 9.59 Å². The summed E-state index contributed by atoms with van der Waals surface area (Å²) in [6.45, 7) is 3.76. The normalized spacial score (nSPS) is 15.2. The highest BCUT2D eigenvalue weighted by atomic mass is 127. The second-order valence-corrected chi connectivity index (χ2v) is 11.3. The number of benzene rings is 2. The third-order valence-corrected chi connectivity index (χ3v) is 8.26. The number of para-hydroxylation sites is 1. The molecule has 9 heteroatoms. The molecule has 0 saturated carbocycles. The van der Waals surface area contributed by atoms with Crippen LogP contribution in [0.25, 0.3) is 0 Å². The lowest BCUT2D eigenvalue weighted by Crippen LogP contribution is -2.31. The van der Waals surface area contributed by atoms with Crippen LogP contribution in [0.2, 0.25) is 0 Å². The molecule has 1 aliphatic heterocycles. The number of dihydropyridines is 1. The predicted octanol–water partition coefficient (Wildman–Crippen LogP) is 6.37. The van der Waals surface area contributed by atoms with Crippen LogP contribution < -0.4 is 16.0 Å². The molecule has 1 atom stereocenters.